The number of carbonyl (C=O) groups excluding carboxylic acids is 2. The summed E-state index contributed by atoms with van der Waals surface area (Å²) < 4.78 is 5.25. The van der Waals surface area contributed by atoms with Gasteiger partial charge in [-0.25, -0.2) is 9.69 Å². The summed E-state index contributed by atoms with van der Waals surface area (Å²) in [5.41, 5.74) is -0.690. The molecule has 112 valence electrons. The van der Waals surface area contributed by atoms with Crippen LogP contribution in [0.3, 0.4) is 0 Å². The van der Waals surface area contributed by atoms with Gasteiger partial charge in [0, 0.05) is 5.92 Å². The summed E-state index contributed by atoms with van der Waals surface area (Å²) in [7, 11) is 0. The van der Waals surface area contributed by atoms with Crippen LogP contribution in [0.15, 0.2) is 4.52 Å². The minimum atomic E-state index is -0.690. The van der Waals surface area contributed by atoms with Crippen LogP contribution in [-0.4, -0.2) is 32.5 Å². The Kier molecular flexibility index (Phi) is 2.61. The fraction of sp³-hybridized carbons (Fsp3) is 0.714. The lowest BCUT2D eigenvalue weighted by molar-refractivity contribution is -0.132. The number of imide groups is 1. The van der Waals surface area contributed by atoms with Gasteiger partial charge in [0.25, 0.3) is 5.91 Å². The van der Waals surface area contributed by atoms with Crippen molar-refractivity contribution in [2.75, 3.05) is 0 Å². The average Bonchev–Trinajstić information content (AvgIpc) is 2.93. The first-order valence-electron chi connectivity index (χ1n) is 7.60. The van der Waals surface area contributed by atoms with Gasteiger partial charge in [-0.3, -0.25) is 4.79 Å². The number of urea groups is 1. The molecule has 7 nitrogen and oxygen atoms in total. The molecular weight excluding hydrogens is 272 g/mol. The first-order chi connectivity index (χ1) is 10.1. The molecule has 1 aromatic rings. The summed E-state index contributed by atoms with van der Waals surface area (Å²) in [5.74, 6) is 1.28. The molecule has 2 aliphatic carbocycles. The zero-order valence-electron chi connectivity index (χ0n) is 12.0. The van der Waals surface area contributed by atoms with Crippen molar-refractivity contribution in [3.8, 4) is 0 Å². The summed E-state index contributed by atoms with van der Waals surface area (Å²) >= 11 is 0. The average molecular weight is 290 g/mol. The van der Waals surface area contributed by atoms with E-state index >= 15 is 0 Å². The van der Waals surface area contributed by atoms with Crippen LogP contribution < -0.4 is 5.32 Å². The summed E-state index contributed by atoms with van der Waals surface area (Å²) in [6, 6.07) is -0.863. The Morgan fingerprint density at radius 2 is 2.05 bits per heavy atom. The van der Waals surface area contributed by atoms with Crippen molar-refractivity contribution in [1.82, 2.24) is 20.4 Å². The van der Waals surface area contributed by atoms with Gasteiger partial charge in [0.05, 0.1) is 0 Å². The van der Waals surface area contributed by atoms with Gasteiger partial charge in [0.15, 0.2) is 5.82 Å². The van der Waals surface area contributed by atoms with Crippen molar-refractivity contribution in [1.29, 1.82) is 0 Å². The molecule has 1 unspecified atom stereocenters. The summed E-state index contributed by atoms with van der Waals surface area (Å²) in [4.78, 5) is 30.5. The predicted molar refractivity (Wildman–Crippen MR) is 71.3 cm³/mol. The zero-order chi connectivity index (χ0) is 14.6. The van der Waals surface area contributed by atoms with Crippen LogP contribution in [0.25, 0.3) is 0 Å². The maximum absolute atomic E-state index is 12.7. The second-order valence-electron chi connectivity index (χ2n) is 6.34. The molecule has 2 saturated carbocycles. The van der Waals surface area contributed by atoms with E-state index in [4.69, 9.17) is 4.52 Å². The van der Waals surface area contributed by atoms with Crippen LogP contribution in [-0.2, 0) is 4.79 Å². The fourth-order valence-corrected chi connectivity index (χ4v) is 3.35. The normalized spacial score (nSPS) is 25.7. The van der Waals surface area contributed by atoms with E-state index in [2.05, 4.69) is 15.5 Å². The Morgan fingerprint density at radius 1 is 1.33 bits per heavy atom. The molecule has 1 aliphatic heterocycles. The number of carbonyl (C=O) groups is 2. The highest BCUT2D eigenvalue weighted by Crippen LogP contribution is 2.40. The lowest BCUT2D eigenvalue weighted by Gasteiger charge is -2.22. The van der Waals surface area contributed by atoms with Gasteiger partial charge in [0.2, 0.25) is 5.89 Å². The Labute approximate surface area is 122 Å². The molecule has 1 N–H and O–H groups in total. The highest BCUT2D eigenvalue weighted by atomic mass is 16.5. The van der Waals surface area contributed by atoms with E-state index in [0.717, 1.165) is 38.5 Å². The van der Waals surface area contributed by atoms with Crippen LogP contribution in [0.4, 0.5) is 4.79 Å². The molecule has 0 bridgehead atoms. The molecule has 1 atom stereocenters. The van der Waals surface area contributed by atoms with Gasteiger partial charge in [-0.2, -0.15) is 4.98 Å². The standard InChI is InChI=1S/C14H18N4O3/c1-8(11-15-10(17-21-11)9-4-5-9)18-12(19)14(16-13(18)20)6-2-3-7-14/h8-9H,2-7H2,1H3,(H,16,20). The Balaban J connectivity index is 1.59. The number of nitrogens with one attached hydrogen (secondary N) is 1. The van der Waals surface area contributed by atoms with Crippen molar-refractivity contribution in [2.45, 2.75) is 62.9 Å². The molecule has 1 spiro atoms. The first kappa shape index (κ1) is 12.8. The highest BCUT2D eigenvalue weighted by Gasteiger charge is 2.54. The predicted octanol–water partition coefficient (Wildman–Crippen LogP) is 1.87. The molecule has 0 radical (unpaired) electrons. The quantitative estimate of drug-likeness (QED) is 0.858. The van der Waals surface area contributed by atoms with Crippen molar-refractivity contribution >= 4 is 11.9 Å². The van der Waals surface area contributed by atoms with Crippen molar-refractivity contribution in [3.63, 3.8) is 0 Å². The van der Waals surface area contributed by atoms with E-state index in [9.17, 15) is 9.59 Å². The largest absolute Gasteiger partial charge is 0.337 e. The number of rotatable bonds is 3. The number of amides is 3. The Hall–Kier alpha value is -1.92. The van der Waals surface area contributed by atoms with E-state index in [0.29, 0.717) is 17.6 Å². The first-order valence-corrected chi connectivity index (χ1v) is 7.60. The van der Waals surface area contributed by atoms with Crippen molar-refractivity contribution in [3.05, 3.63) is 11.7 Å². The van der Waals surface area contributed by atoms with Gasteiger partial charge < -0.3 is 9.84 Å². The van der Waals surface area contributed by atoms with E-state index in [1.807, 2.05) is 0 Å². The van der Waals surface area contributed by atoms with Gasteiger partial charge in [-0.1, -0.05) is 18.0 Å². The third-order valence-corrected chi connectivity index (χ3v) is 4.79. The number of aromatic nitrogens is 2. The molecule has 1 aromatic heterocycles. The van der Waals surface area contributed by atoms with Gasteiger partial charge >= 0.3 is 6.03 Å². The molecule has 3 aliphatic rings. The topological polar surface area (TPSA) is 88.3 Å². The molecule has 21 heavy (non-hydrogen) atoms. The monoisotopic (exact) mass is 290 g/mol. The number of hydrogen-bond acceptors (Lipinski definition) is 5. The molecule has 1 saturated heterocycles. The molecule has 3 fully saturated rings. The maximum atomic E-state index is 12.7. The second-order valence-corrected chi connectivity index (χ2v) is 6.34. The van der Waals surface area contributed by atoms with Crippen LogP contribution >= 0.6 is 0 Å². The fourth-order valence-electron chi connectivity index (χ4n) is 3.35. The van der Waals surface area contributed by atoms with E-state index < -0.39 is 11.6 Å². The molecule has 0 aromatic carbocycles. The van der Waals surface area contributed by atoms with Crippen LogP contribution in [0.5, 0.6) is 0 Å². The van der Waals surface area contributed by atoms with E-state index in [-0.39, 0.29) is 11.9 Å². The molecule has 2 heterocycles. The lowest BCUT2D eigenvalue weighted by atomic mass is 9.98. The summed E-state index contributed by atoms with van der Waals surface area (Å²) in [6.45, 7) is 1.76. The molecule has 4 rings (SSSR count). The third-order valence-electron chi connectivity index (χ3n) is 4.79. The zero-order valence-corrected chi connectivity index (χ0v) is 12.0. The highest BCUT2D eigenvalue weighted by molar-refractivity contribution is 6.07. The SMILES string of the molecule is CC(c1nc(C2CC2)no1)N1C(=O)NC2(CCCC2)C1=O. The summed E-state index contributed by atoms with van der Waals surface area (Å²) in [6.07, 6.45) is 5.55. The Morgan fingerprint density at radius 3 is 2.71 bits per heavy atom. The molecular formula is C14H18N4O3. The number of hydrogen-bond donors (Lipinski definition) is 1. The van der Waals surface area contributed by atoms with Gasteiger partial charge in [-0.05, 0) is 32.6 Å². The molecule has 7 heteroatoms. The smallest absolute Gasteiger partial charge is 0.325 e. The van der Waals surface area contributed by atoms with Gasteiger partial charge in [0.1, 0.15) is 11.6 Å². The minimum Gasteiger partial charge on any atom is -0.337 e. The molecule has 3 amide bonds. The Bertz CT molecular complexity index is 601. The van der Waals surface area contributed by atoms with Gasteiger partial charge in [-0.15, -0.1) is 0 Å². The van der Waals surface area contributed by atoms with Crippen molar-refractivity contribution in [2.24, 2.45) is 0 Å². The van der Waals surface area contributed by atoms with E-state index in [1.54, 1.807) is 6.92 Å². The second kappa shape index (κ2) is 4.29. The lowest BCUT2D eigenvalue weighted by Crippen LogP contribution is -2.44. The number of nitrogens with zero attached hydrogens (tertiary/aromatic N) is 3. The minimum absolute atomic E-state index is 0.149. The van der Waals surface area contributed by atoms with Crippen LogP contribution in [0, 0.1) is 0 Å². The van der Waals surface area contributed by atoms with Crippen molar-refractivity contribution < 1.29 is 14.1 Å². The van der Waals surface area contributed by atoms with Crippen LogP contribution in [0.1, 0.15) is 69.1 Å². The third kappa shape index (κ3) is 1.86. The van der Waals surface area contributed by atoms with E-state index in [1.165, 1.54) is 4.90 Å². The maximum Gasteiger partial charge on any atom is 0.325 e. The van der Waals surface area contributed by atoms with Crippen LogP contribution in [0.2, 0.25) is 0 Å². The summed E-state index contributed by atoms with van der Waals surface area (Å²) in [5, 5.41) is 6.82.